The smallest absolute Gasteiger partial charge is 0.0388 e. The molecule has 0 aliphatic carbocycles. The number of likely N-dealkylation sites (tertiary alicyclic amines) is 1. The Morgan fingerprint density at radius 1 is 0.905 bits per heavy atom. The van der Waals surface area contributed by atoms with E-state index in [4.69, 9.17) is 0 Å². The molecule has 0 amide bonds. The van der Waals surface area contributed by atoms with Crippen LogP contribution in [-0.2, 0) is 6.42 Å². The molecule has 1 nitrogen and oxygen atoms in total. The van der Waals surface area contributed by atoms with Crippen molar-refractivity contribution in [3.8, 4) is 0 Å². The highest BCUT2D eigenvalue weighted by molar-refractivity contribution is 5.28. The summed E-state index contributed by atoms with van der Waals surface area (Å²) in [5, 5.41) is 0. The SMILES string of the molecule is Cc1cccc(C(Cc2ccccc2)N2CCCCC2)c1. The van der Waals surface area contributed by atoms with E-state index in [9.17, 15) is 0 Å². The first-order chi connectivity index (χ1) is 10.3. The molecule has 1 unspecified atom stereocenters. The number of hydrogen-bond donors (Lipinski definition) is 0. The van der Waals surface area contributed by atoms with Crippen LogP contribution in [0.15, 0.2) is 54.6 Å². The van der Waals surface area contributed by atoms with Gasteiger partial charge >= 0.3 is 0 Å². The first-order valence-electron chi connectivity index (χ1n) is 8.17. The Bertz CT molecular complexity index is 555. The van der Waals surface area contributed by atoms with E-state index in [2.05, 4.69) is 66.4 Å². The molecule has 110 valence electrons. The van der Waals surface area contributed by atoms with Crippen molar-refractivity contribution in [3.63, 3.8) is 0 Å². The molecule has 2 aromatic rings. The molecule has 1 fully saturated rings. The van der Waals surface area contributed by atoms with Gasteiger partial charge in [0.15, 0.2) is 0 Å². The average Bonchev–Trinajstić information content (AvgIpc) is 2.54. The topological polar surface area (TPSA) is 3.24 Å². The predicted octanol–water partition coefficient (Wildman–Crippen LogP) is 4.76. The Kier molecular flexibility index (Phi) is 4.72. The van der Waals surface area contributed by atoms with E-state index in [-0.39, 0.29) is 0 Å². The van der Waals surface area contributed by atoms with Crippen LogP contribution < -0.4 is 0 Å². The number of nitrogens with zero attached hydrogens (tertiary/aromatic N) is 1. The van der Waals surface area contributed by atoms with E-state index in [0.29, 0.717) is 6.04 Å². The zero-order valence-corrected chi connectivity index (χ0v) is 13.0. The van der Waals surface area contributed by atoms with Gasteiger partial charge in [0.05, 0.1) is 0 Å². The lowest BCUT2D eigenvalue weighted by Crippen LogP contribution is -2.34. The van der Waals surface area contributed by atoms with Crippen LogP contribution in [-0.4, -0.2) is 18.0 Å². The molecule has 1 aliphatic heterocycles. The normalized spacial score (nSPS) is 17.6. The van der Waals surface area contributed by atoms with Crippen LogP contribution in [0.2, 0.25) is 0 Å². The van der Waals surface area contributed by atoms with Crippen molar-refractivity contribution in [1.29, 1.82) is 0 Å². The van der Waals surface area contributed by atoms with Gasteiger partial charge in [-0.15, -0.1) is 0 Å². The monoisotopic (exact) mass is 279 g/mol. The third-order valence-electron chi connectivity index (χ3n) is 4.53. The van der Waals surface area contributed by atoms with Crippen molar-refractivity contribution in [2.75, 3.05) is 13.1 Å². The van der Waals surface area contributed by atoms with Crippen LogP contribution in [0.1, 0.15) is 42.0 Å². The van der Waals surface area contributed by atoms with Crippen molar-refractivity contribution in [3.05, 3.63) is 71.3 Å². The van der Waals surface area contributed by atoms with E-state index >= 15 is 0 Å². The molecule has 0 radical (unpaired) electrons. The Labute approximate surface area is 128 Å². The minimum absolute atomic E-state index is 0.521. The summed E-state index contributed by atoms with van der Waals surface area (Å²) < 4.78 is 0. The summed E-state index contributed by atoms with van der Waals surface area (Å²) in [7, 11) is 0. The average molecular weight is 279 g/mol. The molecule has 2 aromatic carbocycles. The fraction of sp³-hybridized carbons (Fsp3) is 0.400. The quantitative estimate of drug-likeness (QED) is 0.779. The molecule has 0 aromatic heterocycles. The van der Waals surface area contributed by atoms with Crippen LogP contribution in [0.5, 0.6) is 0 Å². The summed E-state index contributed by atoms with van der Waals surface area (Å²) in [4.78, 5) is 2.69. The second kappa shape index (κ2) is 6.91. The number of piperidine rings is 1. The van der Waals surface area contributed by atoms with E-state index < -0.39 is 0 Å². The van der Waals surface area contributed by atoms with Gasteiger partial charge in [0.25, 0.3) is 0 Å². The molecule has 3 rings (SSSR count). The van der Waals surface area contributed by atoms with E-state index in [0.717, 1.165) is 6.42 Å². The Morgan fingerprint density at radius 3 is 2.38 bits per heavy atom. The maximum absolute atomic E-state index is 2.69. The van der Waals surface area contributed by atoms with E-state index in [1.807, 2.05) is 0 Å². The van der Waals surface area contributed by atoms with Gasteiger partial charge in [0.2, 0.25) is 0 Å². The highest BCUT2D eigenvalue weighted by atomic mass is 15.2. The summed E-state index contributed by atoms with van der Waals surface area (Å²) in [6, 6.07) is 20.5. The minimum atomic E-state index is 0.521. The fourth-order valence-corrected chi connectivity index (χ4v) is 3.40. The van der Waals surface area contributed by atoms with Gasteiger partial charge in [0.1, 0.15) is 0 Å². The molecule has 1 heteroatoms. The maximum Gasteiger partial charge on any atom is 0.0388 e. The van der Waals surface area contributed by atoms with E-state index in [1.165, 1.54) is 49.0 Å². The lowest BCUT2D eigenvalue weighted by molar-refractivity contribution is 0.162. The van der Waals surface area contributed by atoms with Crippen LogP contribution >= 0.6 is 0 Å². The Balaban J connectivity index is 1.86. The number of rotatable bonds is 4. The Morgan fingerprint density at radius 2 is 1.67 bits per heavy atom. The molecule has 0 spiro atoms. The maximum atomic E-state index is 2.69. The fourth-order valence-electron chi connectivity index (χ4n) is 3.40. The lowest BCUT2D eigenvalue weighted by Gasteiger charge is -2.35. The summed E-state index contributed by atoms with van der Waals surface area (Å²) >= 11 is 0. The van der Waals surface area contributed by atoms with E-state index in [1.54, 1.807) is 0 Å². The zero-order valence-electron chi connectivity index (χ0n) is 13.0. The summed E-state index contributed by atoms with van der Waals surface area (Å²) in [6.07, 6.45) is 5.20. The third-order valence-corrected chi connectivity index (χ3v) is 4.53. The molecule has 1 aliphatic rings. The van der Waals surface area contributed by atoms with Gasteiger partial charge in [-0.05, 0) is 50.4 Å². The van der Waals surface area contributed by atoms with Crippen molar-refractivity contribution in [2.24, 2.45) is 0 Å². The molecule has 0 bridgehead atoms. The molecule has 21 heavy (non-hydrogen) atoms. The second-order valence-corrected chi connectivity index (χ2v) is 6.22. The van der Waals surface area contributed by atoms with Crippen LogP contribution in [0.4, 0.5) is 0 Å². The van der Waals surface area contributed by atoms with Gasteiger partial charge in [-0.2, -0.15) is 0 Å². The number of hydrogen-bond acceptors (Lipinski definition) is 1. The molecule has 1 atom stereocenters. The molecule has 0 saturated carbocycles. The molecule has 1 heterocycles. The van der Waals surface area contributed by atoms with Gasteiger partial charge in [0, 0.05) is 6.04 Å². The molecule has 1 saturated heterocycles. The van der Waals surface area contributed by atoms with Crippen LogP contribution in [0.25, 0.3) is 0 Å². The number of aryl methyl sites for hydroxylation is 1. The second-order valence-electron chi connectivity index (χ2n) is 6.22. The first-order valence-corrected chi connectivity index (χ1v) is 8.17. The largest absolute Gasteiger partial charge is 0.296 e. The summed E-state index contributed by atoms with van der Waals surface area (Å²) in [5.74, 6) is 0. The zero-order chi connectivity index (χ0) is 14.5. The minimum Gasteiger partial charge on any atom is -0.296 e. The van der Waals surface area contributed by atoms with Gasteiger partial charge in [-0.3, -0.25) is 4.90 Å². The highest BCUT2D eigenvalue weighted by Crippen LogP contribution is 2.28. The molecular weight excluding hydrogens is 254 g/mol. The summed E-state index contributed by atoms with van der Waals surface area (Å²) in [5.41, 5.74) is 4.28. The number of benzene rings is 2. The highest BCUT2D eigenvalue weighted by Gasteiger charge is 2.22. The predicted molar refractivity (Wildman–Crippen MR) is 89.5 cm³/mol. The van der Waals surface area contributed by atoms with Gasteiger partial charge in [-0.25, -0.2) is 0 Å². The van der Waals surface area contributed by atoms with Crippen molar-refractivity contribution < 1.29 is 0 Å². The van der Waals surface area contributed by atoms with Crippen molar-refractivity contribution in [1.82, 2.24) is 4.90 Å². The first kappa shape index (κ1) is 14.3. The third kappa shape index (κ3) is 3.74. The van der Waals surface area contributed by atoms with Gasteiger partial charge < -0.3 is 0 Å². The lowest BCUT2D eigenvalue weighted by atomic mass is 9.94. The molecule has 0 N–H and O–H groups in total. The van der Waals surface area contributed by atoms with Gasteiger partial charge in [-0.1, -0.05) is 66.6 Å². The molecular formula is C20H25N. The standard InChI is InChI=1S/C20H25N/c1-17-9-8-12-19(15-17)20(21-13-6-3-7-14-21)16-18-10-4-2-5-11-18/h2,4-5,8-12,15,20H,3,6-7,13-14,16H2,1H3. The van der Waals surface area contributed by atoms with Crippen LogP contribution in [0, 0.1) is 6.92 Å². The van der Waals surface area contributed by atoms with Crippen molar-refractivity contribution in [2.45, 2.75) is 38.6 Å². The van der Waals surface area contributed by atoms with Crippen molar-refractivity contribution >= 4 is 0 Å². The van der Waals surface area contributed by atoms with Crippen LogP contribution in [0.3, 0.4) is 0 Å². The summed E-state index contributed by atoms with van der Waals surface area (Å²) in [6.45, 7) is 4.68. The Hall–Kier alpha value is -1.60.